The lowest BCUT2D eigenvalue weighted by atomic mass is 10.1. The van der Waals surface area contributed by atoms with Gasteiger partial charge in [-0.25, -0.2) is 0 Å². The summed E-state index contributed by atoms with van der Waals surface area (Å²) < 4.78 is 2.91. The first kappa shape index (κ1) is 14.1. The van der Waals surface area contributed by atoms with Crippen LogP contribution in [-0.2, 0) is 19.9 Å². The molecule has 0 aromatic carbocycles. The monoisotopic (exact) mass is 347 g/mol. The molecule has 3 nitrogen and oxygen atoms in total. The fraction of sp³-hybridized carbons (Fsp3) is 0.417. The van der Waals surface area contributed by atoms with Gasteiger partial charge in [-0.05, 0) is 28.4 Å². The van der Waals surface area contributed by atoms with Crippen LogP contribution in [-0.4, -0.2) is 9.78 Å². The number of aryl methyl sites for hydroxylation is 2. The number of halogens is 2. The number of nitrogens with zero attached hydrogens (tertiary/aromatic N) is 2. The van der Waals surface area contributed by atoms with Crippen LogP contribution in [0.25, 0.3) is 0 Å². The van der Waals surface area contributed by atoms with Gasteiger partial charge < -0.3 is 5.73 Å². The van der Waals surface area contributed by atoms with E-state index < -0.39 is 0 Å². The molecule has 0 saturated heterocycles. The summed E-state index contributed by atoms with van der Waals surface area (Å²) in [5.74, 6) is 0. The summed E-state index contributed by atoms with van der Waals surface area (Å²) in [6, 6.07) is 2.01. The third-order valence-electron chi connectivity index (χ3n) is 2.87. The van der Waals surface area contributed by atoms with Crippen molar-refractivity contribution in [3.8, 4) is 0 Å². The predicted molar refractivity (Wildman–Crippen MR) is 80.2 cm³/mol. The largest absolute Gasteiger partial charge is 0.323 e. The number of nitrogens with two attached hydrogens (primary N) is 1. The first-order valence-electron chi connectivity index (χ1n) is 5.72. The molecule has 0 spiro atoms. The van der Waals surface area contributed by atoms with Gasteiger partial charge in [0.2, 0.25) is 0 Å². The van der Waals surface area contributed by atoms with Crippen LogP contribution in [0, 0.1) is 0 Å². The van der Waals surface area contributed by atoms with Crippen molar-refractivity contribution in [2.45, 2.75) is 25.8 Å². The molecule has 2 aromatic rings. The molecule has 0 aliphatic carbocycles. The molecule has 1 unspecified atom stereocenters. The zero-order chi connectivity index (χ0) is 13.3. The molecule has 0 bridgehead atoms. The van der Waals surface area contributed by atoms with Gasteiger partial charge in [-0.3, -0.25) is 4.68 Å². The summed E-state index contributed by atoms with van der Waals surface area (Å²) in [6.07, 6.45) is 1.54. The van der Waals surface area contributed by atoms with E-state index in [9.17, 15) is 0 Å². The Bertz CT molecular complexity index is 550. The highest BCUT2D eigenvalue weighted by Gasteiger charge is 2.17. The molecule has 2 aromatic heterocycles. The van der Waals surface area contributed by atoms with Gasteiger partial charge >= 0.3 is 0 Å². The van der Waals surface area contributed by atoms with E-state index in [0.717, 1.165) is 32.2 Å². The summed E-state index contributed by atoms with van der Waals surface area (Å²) >= 11 is 11.4. The van der Waals surface area contributed by atoms with Crippen LogP contribution in [0.15, 0.2) is 15.9 Å². The molecule has 98 valence electrons. The molecule has 0 aliphatic rings. The van der Waals surface area contributed by atoms with Gasteiger partial charge in [0, 0.05) is 34.2 Å². The minimum Gasteiger partial charge on any atom is -0.323 e. The van der Waals surface area contributed by atoms with Crippen molar-refractivity contribution in [3.05, 3.63) is 37.2 Å². The first-order valence-corrected chi connectivity index (χ1v) is 7.77. The second kappa shape index (κ2) is 5.74. The highest BCUT2D eigenvalue weighted by atomic mass is 79.9. The number of aromatic nitrogens is 2. The maximum atomic E-state index is 6.32. The Labute approximate surface area is 124 Å². The minimum absolute atomic E-state index is 0.0427. The van der Waals surface area contributed by atoms with Gasteiger partial charge in [0.1, 0.15) is 0 Å². The third kappa shape index (κ3) is 2.79. The lowest BCUT2D eigenvalue weighted by molar-refractivity contribution is 0.644. The van der Waals surface area contributed by atoms with Crippen LogP contribution in [0.5, 0.6) is 0 Å². The lowest BCUT2D eigenvalue weighted by Gasteiger charge is -2.10. The molecule has 6 heteroatoms. The zero-order valence-electron chi connectivity index (χ0n) is 10.3. The van der Waals surface area contributed by atoms with Crippen molar-refractivity contribution in [2.24, 2.45) is 12.8 Å². The number of hydrogen-bond donors (Lipinski definition) is 1. The number of hydrogen-bond acceptors (Lipinski definition) is 3. The molecular formula is C12H15BrClN3S. The Kier molecular flexibility index (Phi) is 4.48. The molecule has 2 heterocycles. The molecule has 18 heavy (non-hydrogen) atoms. The summed E-state index contributed by atoms with van der Waals surface area (Å²) in [6.45, 7) is 2.05. The van der Waals surface area contributed by atoms with E-state index in [1.807, 2.05) is 24.0 Å². The normalized spacial score (nSPS) is 12.9. The van der Waals surface area contributed by atoms with Crippen molar-refractivity contribution >= 4 is 38.9 Å². The van der Waals surface area contributed by atoms with E-state index in [0.29, 0.717) is 6.42 Å². The second-order valence-electron chi connectivity index (χ2n) is 4.16. The van der Waals surface area contributed by atoms with E-state index in [4.69, 9.17) is 17.3 Å². The fourth-order valence-corrected chi connectivity index (χ4v) is 3.69. The SMILES string of the molecule is CCc1nn(C)c(CC(N)c2cc(Br)cs2)c1Cl. The Morgan fingerprint density at radius 2 is 2.33 bits per heavy atom. The van der Waals surface area contributed by atoms with Crippen LogP contribution >= 0.6 is 38.9 Å². The molecule has 2 N–H and O–H groups in total. The molecule has 0 aliphatic heterocycles. The highest BCUT2D eigenvalue weighted by molar-refractivity contribution is 9.10. The average Bonchev–Trinajstić information content (AvgIpc) is 2.87. The van der Waals surface area contributed by atoms with Crippen molar-refractivity contribution < 1.29 is 0 Å². The second-order valence-corrected chi connectivity index (χ2v) is 6.40. The van der Waals surface area contributed by atoms with Gasteiger partial charge in [0.05, 0.1) is 16.4 Å². The fourth-order valence-electron chi connectivity index (χ4n) is 1.87. The maximum Gasteiger partial charge on any atom is 0.0850 e. The highest BCUT2D eigenvalue weighted by Crippen LogP contribution is 2.29. The Hall–Kier alpha value is -0.360. The Morgan fingerprint density at radius 3 is 2.83 bits per heavy atom. The van der Waals surface area contributed by atoms with Gasteiger partial charge in [-0.1, -0.05) is 18.5 Å². The minimum atomic E-state index is -0.0427. The quantitative estimate of drug-likeness (QED) is 0.915. The van der Waals surface area contributed by atoms with Crippen LogP contribution in [0.4, 0.5) is 0 Å². The van der Waals surface area contributed by atoms with Crippen LogP contribution in [0.3, 0.4) is 0 Å². The van der Waals surface area contributed by atoms with Crippen molar-refractivity contribution in [2.75, 3.05) is 0 Å². The molecule has 2 rings (SSSR count). The number of thiophene rings is 1. The molecule has 0 amide bonds. The van der Waals surface area contributed by atoms with Crippen molar-refractivity contribution in [3.63, 3.8) is 0 Å². The summed E-state index contributed by atoms with van der Waals surface area (Å²) in [7, 11) is 1.91. The molecular weight excluding hydrogens is 334 g/mol. The number of rotatable bonds is 4. The summed E-state index contributed by atoms with van der Waals surface area (Å²) in [4.78, 5) is 1.15. The van der Waals surface area contributed by atoms with Gasteiger partial charge in [0.25, 0.3) is 0 Å². The standard InChI is InChI=1S/C12H15BrClN3S/c1-3-9-12(14)10(17(2)16-9)5-8(15)11-4-7(13)6-18-11/h4,6,8H,3,5,15H2,1-2H3. The van der Waals surface area contributed by atoms with E-state index in [-0.39, 0.29) is 6.04 Å². The maximum absolute atomic E-state index is 6.32. The van der Waals surface area contributed by atoms with Crippen molar-refractivity contribution in [1.82, 2.24) is 9.78 Å². The lowest BCUT2D eigenvalue weighted by Crippen LogP contribution is -2.14. The first-order chi connectivity index (χ1) is 8.52. The zero-order valence-corrected chi connectivity index (χ0v) is 13.4. The molecule has 1 atom stereocenters. The van der Waals surface area contributed by atoms with Crippen molar-refractivity contribution in [1.29, 1.82) is 0 Å². The van der Waals surface area contributed by atoms with Crippen LogP contribution < -0.4 is 5.73 Å². The topological polar surface area (TPSA) is 43.8 Å². The average molecular weight is 349 g/mol. The summed E-state index contributed by atoms with van der Waals surface area (Å²) in [5.41, 5.74) is 8.16. The van der Waals surface area contributed by atoms with E-state index in [2.05, 4.69) is 27.1 Å². The summed E-state index contributed by atoms with van der Waals surface area (Å²) in [5, 5.41) is 7.20. The van der Waals surface area contributed by atoms with E-state index >= 15 is 0 Å². The van der Waals surface area contributed by atoms with Crippen LogP contribution in [0.2, 0.25) is 5.02 Å². The molecule has 0 fully saturated rings. The smallest absolute Gasteiger partial charge is 0.0850 e. The van der Waals surface area contributed by atoms with Gasteiger partial charge in [0.15, 0.2) is 0 Å². The predicted octanol–water partition coefficient (Wildman–Crippen LogP) is 3.70. The Balaban J connectivity index is 2.21. The molecule has 0 saturated carbocycles. The molecule has 0 radical (unpaired) electrons. The van der Waals surface area contributed by atoms with Crippen LogP contribution in [0.1, 0.15) is 29.2 Å². The third-order valence-corrected chi connectivity index (χ3v) is 5.13. The van der Waals surface area contributed by atoms with E-state index in [1.165, 1.54) is 0 Å². The van der Waals surface area contributed by atoms with Gasteiger partial charge in [-0.2, -0.15) is 5.10 Å². The van der Waals surface area contributed by atoms with Gasteiger partial charge in [-0.15, -0.1) is 11.3 Å². The van der Waals surface area contributed by atoms with E-state index in [1.54, 1.807) is 11.3 Å². The Morgan fingerprint density at radius 1 is 1.61 bits per heavy atom.